The summed E-state index contributed by atoms with van der Waals surface area (Å²) < 4.78 is 51.5. The van der Waals surface area contributed by atoms with Crippen LogP contribution in [-0.4, -0.2) is 28.2 Å². The lowest BCUT2D eigenvalue weighted by Crippen LogP contribution is -2.26. The van der Waals surface area contributed by atoms with E-state index in [0.29, 0.717) is 36.8 Å². The molecule has 0 spiro atoms. The minimum atomic E-state index is -0.778. The van der Waals surface area contributed by atoms with Gasteiger partial charge in [0.15, 0.2) is 5.82 Å². The van der Waals surface area contributed by atoms with Crippen LogP contribution in [0.3, 0.4) is 0 Å². The average Bonchev–Trinajstić information content (AvgIpc) is 2.95. The topological polar surface area (TPSA) is 51.4 Å². The molecule has 0 radical (unpaired) electrons. The summed E-state index contributed by atoms with van der Waals surface area (Å²) in [6.45, 7) is 1.55. The molecule has 0 fully saturated rings. The van der Waals surface area contributed by atoms with Crippen molar-refractivity contribution in [1.82, 2.24) is 15.0 Å². The van der Waals surface area contributed by atoms with Crippen LogP contribution in [0.15, 0.2) is 40.9 Å². The highest BCUT2D eigenvalue weighted by Gasteiger charge is 2.21. The van der Waals surface area contributed by atoms with Crippen molar-refractivity contribution in [3.05, 3.63) is 65.2 Å². The summed E-state index contributed by atoms with van der Waals surface area (Å²) in [5, 5.41) is 3.84. The summed E-state index contributed by atoms with van der Waals surface area (Å²) in [5.74, 6) is -0.986. The smallest absolute Gasteiger partial charge is 0.260 e. The Morgan fingerprint density at radius 2 is 1.96 bits per heavy atom. The molecule has 0 unspecified atom stereocenters. The average molecular weight is 361 g/mol. The number of fused-ring (bicyclic) bond motifs is 1. The summed E-state index contributed by atoms with van der Waals surface area (Å²) in [6, 6.07) is 7.83. The van der Waals surface area contributed by atoms with Gasteiger partial charge in [0.05, 0.1) is 12.1 Å². The third-order valence-corrected chi connectivity index (χ3v) is 4.12. The van der Waals surface area contributed by atoms with Crippen molar-refractivity contribution < 1.29 is 22.4 Å². The van der Waals surface area contributed by atoms with Gasteiger partial charge in [0.25, 0.3) is 5.89 Å². The van der Waals surface area contributed by atoms with Crippen LogP contribution < -0.4 is 4.74 Å². The van der Waals surface area contributed by atoms with Gasteiger partial charge in [-0.1, -0.05) is 11.2 Å². The zero-order valence-electron chi connectivity index (χ0n) is 13.6. The van der Waals surface area contributed by atoms with E-state index in [9.17, 15) is 13.2 Å². The molecule has 2 aromatic carbocycles. The first-order valence-electron chi connectivity index (χ1n) is 8.01. The highest BCUT2D eigenvalue weighted by atomic mass is 19.1. The van der Waals surface area contributed by atoms with Gasteiger partial charge in [-0.05, 0) is 24.3 Å². The Bertz CT molecular complexity index is 945. The van der Waals surface area contributed by atoms with Crippen LogP contribution in [-0.2, 0) is 13.1 Å². The number of hydrogen-bond donors (Lipinski definition) is 0. The molecule has 4 rings (SSSR count). The first-order valence-corrected chi connectivity index (χ1v) is 8.01. The van der Waals surface area contributed by atoms with Gasteiger partial charge in [-0.2, -0.15) is 4.98 Å². The molecule has 1 aromatic heterocycles. The Labute approximate surface area is 147 Å². The van der Waals surface area contributed by atoms with Crippen LogP contribution in [0.5, 0.6) is 5.75 Å². The van der Waals surface area contributed by atoms with Gasteiger partial charge in [-0.3, -0.25) is 4.90 Å². The van der Waals surface area contributed by atoms with Crippen LogP contribution in [0, 0.1) is 17.5 Å². The lowest BCUT2D eigenvalue weighted by Gasteiger charge is -2.17. The number of rotatable bonds is 3. The van der Waals surface area contributed by atoms with Crippen molar-refractivity contribution in [2.24, 2.45) is 0 Å². The Hall–Kier alpha value is -2.87. The van der Waals surface area contributed by atoms with E-state index >= 15 is 0 Å². The van der Waals surface area contributed by atoms with Gasteiger partial charge in [-0.15, -0.1) is 0 Å². The molecule has 134 valence electrons. The molecule has 26 heavy (non-hydrogen) atoms. The molecule has 0 amide bonds. The van der Waals surface area contributed by atoms with Crippen LogP contribution in [0.25, 0.3) is 11.5 Å². The van der Waals surface area contributed by atoms with E-state index in [2.05, 4.69) is 10.1 Å². The van der Waals surface area contributed by atoms with Gasteiger partial charge >= 0.3 is 0 Å². The zero-order valence-corrected chi connectivity index (χ0v) is 13.6. The number of aromatic nitrogens is 2. The highest BCUT2D eigenvalue weighted by molar-refractivity contribution is 5.53. The summed E-state index contributed by atoms with van der Waals surface area (Å²) >= 11 is 0. The maximum absolute atomic E-state index is 14.0. The van der Waals surface area contributed by atoms with Gasteiger partial charge in [-0.25, -0.2) is 13.2 Å². The predicted octanol–water partition coefficient (Wildman–Crippen LogP) is 3.55. The maximum Gasteiger partial charge on any atom is 0.260 e. The summed E-state index contributed by atoms with van der Waals surface area (Å²) in [4.78, 5) is 6.06. The Kier molecular flexibility index (Phi) is 4.34. The Morgan fingerprint density at radius 3 is 2.81 bits per heavy atom. The van der Waals surface area contributed by atoms with Gasteiger partial charge in [0, 0.05) is 24.7 Å². The molecule has 8 heteroatoms. The van der Waals surface area contributed by atoms with Crippen LogP contribution in [0.1, 0.15) is 11.4 Å². The van der Waals surface area contributed by atoms with Crippen molar-refractivity contribution in [1.29, 1.82) is 0 Å². The summed E-state index contributed by atoms with van der Waals surface area (Å²) in [5.41, 5.74) is 0.499. The van der Waals surface area contributed by atoms with E-state index in [1.807, 2.05) is 4.90 Å². The van der Waals surface area contributed by atoms with Crippen molar-refractivity contribution in [2.75, 3.05) is 13.2 Å². The second-order valence-electron chi connectivity index (χ2n) is 5.92. The Balaban J connectivity index is 1.53. The van der Waals surface area contributed by atoms with E-state index in [4.69, 9.17) is 9.26 Å². The first-order chi connectivity index (χ1) is 12.6. The van der Waals surface area contributed by atoms with E-state index in [-0.39, 0.29) is 23.8 Å². The molecule has 1 aliphatic heterocycles. The fourth-order valence-corrected chi connectivity index (χ4v) is 2.84. The minimum Gasteiger partial charge on any atom is -0.492 e. The van der Waals surface area contributed by atoms with E-state index in [0.717, 1.165) is 12.1 Å². The molecule has 0 saturated heterocycles. The SMILES string of the molecule is Fc1ccc(-c2nc(CN3CCOc4cccc(F)c4C3)no2)c(F)c1. The van der Waals surface area contributed by atoms with Crippen LogP contribution in [0.2, 0.25) is 0 Å². The van der Waals surface area contributed by atoms with E-state index < -0.39 is 11.6 Å². The lowest BCUT2D eigenvalue weighted by atomic mass is 10.2. The Morgan fingerprint density at radius 1 is 1.08 bits per heavy atom. The lowest BCUT2D eigenvalue weighted by molar-refractivity contribution is 0.212. The monoisotopic (exact) mass is 361 g/mol. The van der Waals surface area contributed by atoms with E-state index in [1.165, 1.54) is 12.1 Å². The minimum absolute atomic E-state index is 0.0285. The predicted molar refractivity (Wildman–Crippen MR) is 85.7 cm³/mol. The highest BCUT2D eigenvalue weighted by Crippen LogP contribution is 2.26. The standard InChI is InChI=1S/C18H14F3N3O2/c19-11-4-5-12(15(21)8-11)18-22-17(23-26-18)10-24-6-7-25-16-3-1-2-14(20)13(16)9-24/h1-5,8H,6-7,9-10H2. The van der Waals surface area contributed by atoms with Crippen LogP contribution in [0.4, 0.5) is 13.2 Å². The van der Waals surface area contributed by atoms with Gasteiger partial charge in [0.1, 0.15) is 29.8 Å². The van der Waals surface area contributed by atoms with E-state index in [1.54, 1.807) is 12.1 Å². The molecular weight excluding hydrogens is 347 g/mol. The molecule has 0 bridgehead atoms. The van der Waals surface area contributed by atoms with Gasteiger partial charge < -0.3 is 9.26 Å². The number of hydrogen-bond acceptors (Lipinski definition) is 5. The molecule has 2 heterocycles. The third kappa shape index (κ3) is 3.28. The molecule has 0 saturated carbocycles. The molecule has 5 nitrogen and oxygen atoms in total. The summed E-state index contributed by atoms with van der Waals surface area (Å²) in [6.07, 6.45) is 0. The molecular formula is C18H14F3N3O2. The number of ether oxygens (including phenoxy) is 1. The van der Waals surface area contributed by atoms with Gasteiger partial charge in [0.2, 0.25) is 0 Å². The van der Waals surface area contributed by atoms with Crippen molar-refractivity contribution in [2.45, 2.75) is 13.1 Å². The molecule has 3 aromatic rings. The fraction of sp³-hybridized carbons (Fsp3) is 0.222. The second-order valence-corrected chi connectivity index (χ2v) is 5.92. The second kappa shape index (κ2) is 6.80. The molecule has 0 atom stereocenters. The molecule has 0 N–H and O–H groups in total. The first kappa shape index (κ1) is 16.6. The maximum atomic E-state index is 14.0. The normalized spacial score (nSPS) is 14.6. The third-order valence-electron chi connectivity index (χ3n) is 4.12. The number of nitrogens with zero attached hydrogens (tertiary/aromatic N) is 3. The van der Waals surface area contributed by atoms with Crippen molar-refractivity contribution in [3.8, 4) is 17.2 Å². The number of benzene rings is 2. The quantitative estimate of drug-likeness (QED) is 0.714. The fourth-order valence-electron chi connectivity index (χ4n) is 2.84. The van der Waals surface area contributed by atoms with Crippen LogP contribution >= 0.6 is 0 Å². The van der Waals surface area contributed by atoms with Crippen molar-refractivity contribution >= 4 is 0 Å². The largest absolute Gasteiger partial charge is 0.492 e. The summed E-state index contributed by atoms with van der Waals surface area (Å²) in [7, 11) is 0. The molecule has 0 aliphatic carbocycles. The zero-order chi connectivity index (χ0) is 18.1. The van der Waals surface area contributed by atoms with Crippen molar-refractivity contribution in [3.63, 3.8) is 0 Å². The number of halogens is 3. The molecule has 1 aliphatic rings.